The molecule has 2 heterocycles. The van der Waals surface area contributed by atoms with Gasteiger partial charge in [-0.1, -0.05) is 6.92 Å². The zero-order chi connectivity index (χ0) is 16.4. The van der Waals surface area contributed by atoms with Crippen molar-refractivity contribution in [2.24, 2.45) is 5.92 Å². The second-order valence-corrected chi connectivity index (χ2v) is 6.63. The zero-order valence-corrected chi connectivity index (χ0v) is 14.3. The van der Waals surface area contributed by atoms with Crippen LogP contribution in [0.25, 0.3) is 11.0 Å². The molecule has 0 unspecified atom stereocenters. The van der Waals surface area contributed by atoms with Crippen molar-refractivity contribution in [3.05, 3.63) is 35.1 Å². The molecule has 1 aliphatic heterocycles. The molecule has 1 fully saturated rings. The smallest absolute Gasteiger partial charge is 0.289 e. The fourth-order valence-electron chi connectivity index (χ4n) is 3.25. The van der Waals surface area contributed by atoms with E-state index in [0.717, 1.165) is 50.0 Å². The maximum absolute atomic E-state index is 12.7. The van der Waals surface area contributed by atoms with E-state index < -0.39 is 0 Å². The topological polar surface area (TPSA) is 45.5 Å². The number of rotatable bonds is 4. The van der Waals surface area contributed by atoms with Gasteiger partial charge in [-0.3, -0.25) is 4.79 Å². The quantitative estimate of drug-likeness (QED) is 0.939. The Bertz CT molecular complexity index is 658. The summed E-state index contributed by atoms with van der Waals surface area (Å²) < 4.78 is 5.81. The summed E-state index contributed by atoms with van der Waals surface area (Å²) in [5, 5.41) is 4.41. The van der Waals surface area contributed by atoms with Crippen LogP contribution in [0.5, 0.6) is 0 Å². The Morgan fingerprint density at radius 1 is 1.22 bits per heavy atom. The molecule has 4 heteroatoms. The van der Waals surface area contributed by atoms with Gasteiger partial charge < -0.3 is 14.6 Å². The SMILES string of the molecule is CCNCC1CCN(C(=O)c2cc3cc(C)c(C)cc3o2)CC1. The van der Waals surface area contributed by atoms with Gasteiger partial charge in [0.25, 0.3) is 5.91 Å². The molecule has 0 aliphatic carbocycles. The van der Waals surface area contributed by atoms with Gasteiger partial charge in [-0.15, -0.1) is 0 Å². The van der Waals surface area contributed by atoms with Gasteiger partial charge in [0.2, 0.25) is 0 Å². The van der Waals surface area contributed by atoms with Crippen LogP contribution >= 0.6 is 0 Å². The van der Waals surface area contributed by atoms with Gasteiger partial charge in [-0.05, 0) is 75.0 Å². The minimum Gasteiger partial charge on any atom is -0.451 e. The van der Waals surface area contributed by atoms with Crippen molar-refractivity contribution in [1.82, 2.24) is 10.2 Å². The molecular formula is C19H26N2O2. The molecule has 0 radical (unpaired) electrons. The summed E-state index contributed by atoms with van der Waals surface area (Å²) in [7, 11) is 0. The Hall–Kier alpha value is -1.81. The highest BCUT2D eigenvalue weighted by Gasteiger charge is 2.25. The second kappa shape index (κ2) is 6.75. The summed E-state index contributed by atoms with van der Waals surface area (Å²) in [5.74, 6) is 1.17. The van der Waals surface area contributed by atoms with Gasteiger partial charge in [0.15, 0.2) is 5.76 Å². The van der Waals surface area contributed by atoms with Crippen LogP contribution in [0.1, 0.15) is 41.4 Å². The second-order valence-electron chi connectivity index (χ2n) is 6.63. The summed E-state index contributed by atoms with van der Waals surface area (Å²) >= 11 is 0. The molecule has 0 atom stereocenters. The highest BCUT2D eigenvalue weighted by Crippen LogP contribution is 2.25. The highest BCUT2D eigenvalue weighted by atomic mass is 16.3. The van der Waals surface area contributed by atoms with Crippen molar-refractivity contribution in [2.75, 3.05) is 26.2 Å². The number of piperidine rings is 1. The number of likely N-dealkylation sites (tertiary alicyclic amines) is 1. The Morgan fingerprint density at radius 2 is 1.91 bits per heavy atom. The minimum absolute atomic E-state index is 0.0263. The van der Waals surface area contributed by atoms with Crippen LogP contribution in [0, 0.1) is 19.8 Å². The Balaban J connectivity index is 1.69. The third kappa shape index (κ3) is 3.42. The molecule has 0 bridgehead atoms. The number of nitrogens with zero attached hydrogens (tertiary/aromatic N) is 1. The summed E-state index contributed by atoms with van der Waals surface area (Å²) in [5.41, 5.74) is 3.22. The van der Waals surface area contributed by atoms with Crippen LogP contribution in [0.4, 0.5) is 0 Å². The number of amides is 1. The van der Waals surface area contributed by atoms with E-state index in [4.69, 9.17) is 4.42 Å². The molecule has 0 saturated carbocycles. The third-order valence-electron chi connectivity index (χ3n) is 4.93. The molecule has 23 heavy (non-hydrogen) atoms. The lowest BCUT2D eigenvalue weighted by Gasteiger charge is -2.31. The maximum atomic E-state index is 12.7. The van der Waals surface area contributed by atoms with Crippen LogP contribution in [0.15, 0.2) is 22.6 Å². The van der Waals surface area contributed by atoms with Crippen molar-refractivity contribution < 1.29 is 9.21 Å². The van der Waals surface area contributed by atoms with E-state index in [9.17, 15) is 4.79 Å². The number of benzene rings is 1. The zero-order valence-electron chi connectivity index (χ0n) is 14.3. The minimum atomic E-state index is 0.0263. The molecular weight excluding hydrogens is 288 g/mol. The summed E-state index contributed by atoms with van der Waals surface area (Å²) in [6.45, 7) is 9.99. The molecule has 1 aliphatic rings. The molecule has 1 amide bonds. The van der Waals surface area contributed by atoms with Crippen LogP contribution in [0.3, 0.4) is 0 Å². The van der Waals surface area contributed by atoms with Crippen molar-refractivity contribution in [1.29, 1.82) is 0 Å². The first-order valence-corrected chi connectivity index (χ1v) is 8.59. The van der Waals surface area contributed by atoms with Crippen LogP contribution in [-0.4, -0.2) is 37.0 Å². The van der Waals surface area contributed by atoms with Crippen LogP contribution in [-0.2, 0) is 0 Å². The van der Waals surface area contributed by atoms with Crippen molar-refractivity contribution in [3.63, 3.8) is 0 Å². The summed E-state index contributed by atoms with van der Waals surface area (Å²) in [6, 6.07) is 5.99. The molecule has 1 aromatic carbocycles. The fourth-order valence-corrected chi connectivity index (χ4v) is 3.25. The van der Waals surface area contributed by atoms with Gasteiger partial charge in [0, 0.05) is 18.5 Å². The number of aryl methyl sites for hydroxylation is 2. The first-order chi connectivity index (χ1) is 11.1. The number of hydrogen-bond donors (Lipinski definition) is 1. The monoisotopic (exact) mass is 314 g/mol. The number of fused-ring (bicyclic) bond motifs is 1. The van der Waals surface area contributed by atoms with Gasteiger partial charge >= 0.3 is 0 Å². The van der Waals surface area contributed by atoms with E-state index in [1.165, 1.54) is 11.1 Å². The highest BCUT2D eigenvalue weighted by molar-refractivity contribution is 5.96. The predicted molar refractivity (Wildman–Crippen MR) is 92.9 cm³/mol. The summed E-state index contributed by atoms with van der Waals surface area (Å²) in [4.78, 5) is 14.6. The third-order valence-corrected chi connectivity index (χ3v) is 4.93. The molecule has 1 saturated heterocycles. The number of furan rings is 1. The molecule has 0 spiro atoms. The Kier molecular flexibility index (Phi) is 4.71. The lowest BCUT2D eigenvalue weighted by atomic mass is 9.96. The normalized spacial score (nSPS) is 16.2. The van der Waals surface area contributed by atoms with E-state index in [2.05, 4.69) is 32.2 Å². The summed E-state index contributed by atoms with van der Waals surface area (Å²) in [6.07, 6.45) is 2.13. The molecule has 2 aromatic rings. The van der Waals surface area contributed by atoms with Gasteiger partial charge in [-0.25, -0.2) is 0 Å². The van der Waals surface area contributed by atoms with E-state index >= 15 is 0 Å². The first kappa shape index (κ1) is 16.1. The lowest BCUT2D eigenvalue weighted by Crippen LogP contribution is -2.40. The molecule has 1 N–H and O–H groups in total. The number of hydrogen-bond acceptors (Lipinski definition) is 3. The Labute approximate surface area is 137 Å². The average Bonchev–Trinajstić information content (AvgIpc) is 2.96. The lowest BCUT2D eigenvalue weighted by molar-refractivity contribution is 0.0660. The van der Waals surface area contributed by atoms with E-state index in [0.29, 0.717) is 11.7 Å². The van der Waals surface area contributed by atoms with Crippen molar-refractivity contribution in [3.8, 4) is 0 Å². The van der Waals surface area contributed by atoms with Crippen molar-refractivity contribution in [2.45, 2.75) is 33.6 Å². The number of carbonyl (C=O) groups excluding carboxylic acids is 1. The van der Waals surface area contributed by atoms with E-state index in [1.807, 2.05) is 17.0 Å². The van der Waals surface area contributed by atoms with Crippen LogP contribution in [0.2, 0.25) is 0 Å². The number of carbonyl (C=O) groups is 1. The van der Waals surface area contributed by atoms with Gasteiger partial charge in [-0.2, -0.15) is 0 Å². The fraction of sp³-hybridized carbons (Fsp3) is 0.526. The Morgan fingerprint density at radius 3 is 2.61 bits per heavy atom. The molecule has 124 valence electrons. The maximum Gasteiger partial charge on any atom is 0.289 e. The molecule has 1 aromatic heterocycles. The van der Waals surface area contributed by atoms with Gasteiger partial charge in [0.05, 0.1) is 0 Å². The molecule has 3 rings (SSSR count). The van der Waals surface area contributed by atoms with Crippen molar-refractivity contribution >= 4 is 16.9 Å². The first-order valence-electron chi connectivity index (χ1n) is 8.59. The van der Waals surface area contributed by atoms with Gasteiger partial charge in [0.1, 0.15) is 5.58 Å². The standard InChI is InChI=1S/C19H26N2O2/c1-4-20-12-15-5-7-21(8-6-15)19(22)18-11-16-9-13(2)14(3)10-17(16)23-18/h9-11,15,20H,4-8,12H2,1-3H3. The largest absolute Gasteiger partial charge is 0.451 e. The number of nitrogens with one attached hydrogen (secondary N) is 1. The van der Waals surface area contributed by atoms with Crippen LogP contribution < -0.4 is 5.32 Å². The average molecular weight is 314 g/mol. The van der Waals surface area contributed by atoms with E-state index in [1.54, 1.807) is 0 Å². The molecule has 4 nitrogen and oxygen atoms in total. The predicted octanol–water partition coefficient (Wildman–Crippen LogP) is 3.51. The van der Waals surface area contributed by atoms with E-state index in [-0.39, 0.29) is 5.91 Å².